The number of carbonyl (C=O) groups is 1. The maximum Gasteiger partial charge on any atom is 0.131 e. The molecule has 0 spiro atoms. The molecular weight excluding hydrogens is 218 g/mol. The van der Waals surface area contributed by atoms with E-state index in [9.17, 15) is 4.79 Å². The van der Waals surface area contributed by atoms with E-state index in [0.717, 1.165) is 6.54 Å². The molecule has 2 aromatic rings. The normalized spacial score (nSPS) is 10.6. The van der Waals surface area contributed by atoms with Crippen molar-refractivity contribution in [1.82, 2.24) is 0 Å². The lowest BCUT2D eigenvalue weighted by molar-refractivity contribution is -0.116. The summed E-state index contributed by atoms with van der Waals surface area (Å²) in [5.74, 6) is 0.242. The molecule has 3 heteroatoms. The first kappa shape index (κ1) is 11.1. The van der Waals surface area contributed by atoms with Gasteiger partial charge in [0.2, 0.25) is 0 Å². The fourth-order valence-electron chi connectivity index (χ4n) is 1.70. The fraction of sp³-hybridized carbons (Fsp3) is 0.308. The van der Waals surface area contributed by atoms with Crippen molar-refractivity contribution in [2.45, 2.75) is 13.3 Å². The molecule has 0 bridgehead atoms. The Kier molecular flexibility index (Phi) is 3.25. The lowest BCUT2D eigenvalue weighted by atomic mass is 10.2. The van der Waals surface area contributed by atoms with E-state index in [2.05, 4.69) is 34.5 Å². The second kappa shape index (κ2) is 4.66. The fourth-order valence-corrected chi connectivity index (χ4v) is 2.71. The zero-order valence-electron chi connectivity index (χ0n) is 9.56. The number of rotatable bonds is 4. The Morgan fingerprint density at radius 3 is 2.88 bits per heavy atom. The van der Waals surface area contributed by atoms with Gasteiger partial charge in [-0.15, -0.1) is 11.3 Å². The summed E-state index contributed by atoms with van der Waals surface area (Å²) in [6.07, 6.45) is 0.612. The number of carbonyl (C=O) groups excluding carboxylic acids is 1. The van der Waals surface area contributed by atoms with Gasteiger partial charge in [0.05, 0.1) is 5.69 Å². The molecule has 0 saturated heterocycles. The molecule has 2 rings (SSSR count). The third-order valence-corrected chi connectivity index (χ3v) is 3.62. The summed E-state index contributed by atoms with van der Waals surface area (Å²) in [5.41, 5.74) is 1.22. The zero-order valence-corrected chi connectivity index (χ0v) is 10.4. The molecule has 0 amide bonds. The first-order valence-corrected chi connectivity index (χ1v) is 6.23. The predicted molar refractivity (Wildman–Crippen MR) is 70.4 cm³/mol. The Morgan fingerprint density at radius 2 is 2.12 bits per heavy atom. The molecule has 16 heavy (non-hydrogen) atoms. The number of ketones is 1. The highest BCUT2D eigenvalue weighted by Crippen LogP contribution is 2.32. The van der Waals surface area contributed by atoms with Crippen LogP contribution in [0.4, 0.5) is 5.69 Å². The average molecular weight is 233 g/mol. The van der Waals surface area contributed by atoms with E-state index in [4.69, 9.17) is 0 Å². The highest BCUT2D eigenvalue weighted by atomic mass is 32.1. The van der Waals surface area contributed by atoms with Crippen LogP contribution in [-0.4, -0.2) is 19.4 Å². The third-order valence-electron chi connectivity index (χ3n) is 2.67. The summed E-state index contributed by atoms with van der Waals surface area (Å²) in [6, 6.07) is 8.36. The van der Waals surface area contributed by atoms with Gasteiger partial charge in [0.15, 0.2) is 0 Å². The maximum atomic E-state index is 11.0. The number of benzene rings is 1. The molecule has 1 aromatic heterocycles. The Balaban J connectivity index is 2.22. The van der Waals surface area contributed by atoms with Crippen molar-refractivity contribution >= 4 is 32.9 Å². The zero-order chi connectivity index (χ0) is 11.5. The third kappa shape index (κ3) is 2.25. The van der Waals surface area contributed by atoms with E-state index in [1.165, 1.54) is 15.8 Å². The van der Waals surface area contributed by atoms with Gasteiger partial charge in [-0.1, -0.05) is 18.2 Å². The number of anilines is 1. The van der Waals surface area contributed by atoms with Crippen LogP contribution >= 0.6 is 11.3 Å². The molecule has 1 heterocycles. The van der Waals surface area contributed by atoms with Crippen molar-refractivity contribution in [1.29, 1.82) is 0 Å². The summed E-state index contributed by atoms with van der Waals surface area (Å²) in [5, 5.41) is 3.43. The second-order valence-electron chi connectivity index (χ2n) is 3.99. The molecule has 0 fully saturated rings. The van der Waals surface area contributed by atoms with Crippen molar-refractivity contribution in [3.63, 3.8) is 0 Å². The molecule has 0 saturated carbocycles. The van der Waals surface area contributed by atoms with E-state index in [1.54, 1.807) is 18.3 Å². The minimum absolute atomic E-state index is 0.242. The lowest BCUT2D eigenvalue weighted by Gasteiger charge is -2.17. The van der Waals surface area contributed by atoms with Gasteiger partial charge in [-0.25, -0.2) is 0 Å². The van der Waals surface area contributed by atoms with E-state index in [1.807, 2.05) is 7.05 Å². The summed E-state index contributed by atoms with van der Waals surface area (Å²) >= 11 is 1.75. The number of fused-ring (bicyclic) bond motifs is 1. The molecular formula is C13H15NOS. The van der Waals surface area contributed by atoms with Crippen molar-refractivity contribution in [2.24, 2.45) is 0 Å². The molecule has 1 aromatic carbocycles. The van der Waals surface area contributed by atoms with E-state index in [0.29, 0.717) is 6.42 Å². The Morgan fingerprint density at radius 1 is 1.38 bits per heavy atom. The van der Waals surface area contributed by atoms with Crippen LogP contribution in [0.3, 0.4) is 0 Å². The van der Waals surface area contributed by atoms with Crippen LogP contribution in [0.15, 0.2) is 29.6 Å². The van der Waals surface area contributed by atoms with Crippen molar-refractivity contribution in [3.8, 4) is 0 Å². The predicted octanol–water partition coefficient (Wildman–Crippen LogP) is 3.32. The number of Topliss-reactive ketones (excluding diaryl/α,β-unsaturated/α-hetero) is 1. The monoisotopic (exact) mass is 233 g/mol. The Labute approximate surface area is 99.5 Å². The van der Waals surface area contributed by atoms with E-state index < -0.39 is 0 Å². The van der Waals surface area contributed by atoms with Gasteiger partial charge in [-0.3, -0.25) is 4.79 Å². The van der Waals surface area contributed by atoms with Crippen molar-refractivity contribution < 1.29 is 4.79 Å². The van der Waals surface area contributed by atoms with Crippen LogP contribution in [0.2, 0.25) is 0 Å². The van der Waals surface area contributed by atoms with Crippen molar-refractivity contribution in [3.05, 3.63) is 29.6 Å². The van der Waals surface area contributed by atoms with Crippen LogP contribution < -0.4 is 4.90 Å². The highest BCUT2D eigenvalue weighted by molar-refractivity contribution is 7.17. The van der Waals surface area contributed by atoms with Crippen LogP contribution in [0.1, 0.15) is 13.3 Å². The van der Waals surface area contributed by atoms with Crippen molar-refractivity contribution in [2.75, 3.05) is 18.5 Å². The smallest absolute Gasteiger partial charge is 0.131 e. The summed E-state index contributed by atoms with van der Waals surface area (Å²) < 4.78 is 1.30. The molecule has 2 nitrogen and oxygen atoms in total. The molecule has 0 radical (unpaired) electrons. The first-order valence-electron chi connectivity index (χ1n) is 5.35. The SMILES string of the molecule is CC(=O)CCN(C)c1csc2ccccc12. The van der Waals surface area contributed by atoms with E-state index >= 15 is 0 Å². The van der Waals surface area contributed by atoms with Gasteiger partial charge < -0.3 is 4.90 Å². The average Bonchev–Trinajstić information content (AvgIpc) is 2.69. The van der Waals surface area contributed by atoms with Gasteiger partial charge in [0.1, 0.15) is 5.78 Å². The topological polar surface area (TPSA) is 20.3 Å². The van der Waals surface area contributed by atoms with Gasteiger partial charge in [0, 0.05) is 35.5 Å². The number of hydrogen-bond donors (Lipinski definition) is 0. The minimum atomic E-state index is 0.242. The molecule has 0 atom stereocenters. The van der Waals surface area contributed by atoms with Crippen LogP contribution in [0, 0.1) is 0 Å². The summed E-state index contributed by atoms with van der Waals surface area (Å²) in [4.78, 5) is 13.1. The largest absolute Gasteiger partial charge is 0.373 e. The van der Waals surface area contributed by atoms with Crippen LogP contribution in [0.5, 0.6) is 0 Å². The summed E-state index contributed by atoms with van der Waals surface area (Å²) in [7, 11) is 2.04. The lowest BCUT2D eigenvalue weighted by Crippen LogP contribution is -2.19. The van der Waals surface area contributed by atoms with Gasteiger partial charge in [-0.05, 0) is 13.0 Å². The van der Waals surface area contributed by atoms with Gasteiger partial charge >= 0.3 is 0 Å². The molecule has 84 valence electrons. The molecule has 0 aliphatic rings. The molecule has 0 N–H and O–H groups in total. The van der Waals surface area contributed by atoms with Crippen LogP contribution in [-0.2, 0) is 4.79 Å². The standard InChI is InChI=1S/C13H15NOS/c1-10(15)7-8-14(2)12-9-16-13-6-4-3-5-11(12)13/h3-6,9H,7-8H2,1-2H3. The summed E-state index contributed by atoms with van der Waals surface area (Å²) in [6.45, 7) is 2.43. The number of hydrogen-bond acceptors (Lipinski definition) is 3. The molecule has 0 aliphatic carbocycles. The minimum Gasteiger partial charge on any atom is -0.373 e. The van der Waals surface area contributed by atoms with Gasteiger partial charge in [-0.2, -0.15) is 0 Å². The van der Waals surface area contributed by atoms with Crippen LogP contribution in [0.25, 0.3) is 10.1 Å². The Bertz CT molecular complexity index is 503. The number of nitrogens with zero attached hydrogens (tertiary/aromatic N) is 1. The van der Waals surface area contributed by atoms with E-state index in [-0.39, 0.29) is 5.78 Å². The first-order chi connectivity index (χ1) is 7.68. The quantitative estimate of drug-likeness (QED) is 0.807. The van der Waals surface area contributed by atoms with Gasteiger partial charge in [0.25, 0.3) is 0 Å². The second-order valence-corrected chi connectivity index (χ2v) is 4.90. The highest BCUT2D eigenvalue weighted by Gasteiger charge is 2.08. The molecule has 0 aliphatic heterocycles. The maximum absolute atomic E-state index is 11.0. The Hall–Kier alpha value is -1.35. The molecule has 0 unspecified atom stereocenters. The number of thiophene rings is 1.